The highest BCUT2D eigenvalue weighted by Gasteiger charge is 2.19. The van der Waals surface area contributed by atoms with Gasteiger partial charge in [-0.2, -0.15) is 0 Å². The lowest BCUT2D eigenvalue weighted by Crippen LogP contribution is -2.15. The van der Waals surface area contributed by atoms with E-state index in [0.29, 0.717) is 22.4 Å². The molecule has 0 saturated heterocycles. The average Bonchev–Trinajstić information content (AvgIpc) is 3.17. The van der Waals surface area contributed by atoms with Gasteiger partial charge in [0.1, 0.15) is 16.9 Å². The Balaban J connectivity index is 1.70. The van der Waals surface area contributed by atoms with Gasteiger partial charge in [-0.1, -0.05) is 23.4 Å². The molecule has 0 aliphatic carbocycles. The number of hydrogen-bond donors (Lipinski definition) is 0. The standard InChI is InChI=1S/C19H13N3O4/c1-25-14-8-6-13(7-9-14)22-11-16(20-21-22)18(23)15-10-12-4-2-3-5-17(12)26-19(15)24/h2-11H,1H3. The molecule has 0 atom stereocenters. The van der Waals surface area contributed by atoms with Gasteiger partial charge in [-0.05, 0) is 36.4 Å². The topological polar surface area (TPSA) is 87.2 Å². The monoisotopic (exact) mass is 347 g/mol. The number of hydrogen-bond acceptors (Lipinski definition) is 6. The maximum absolute atomic E-state index is 12.7. The molecule has 0 unspecified atom stereocenters. The van der Waals surface area contributed by atoms with Gasteiger partial charge < -0.3 is 9.15 Å². The summed E-state index contributed by atoms with van der Waals surface area (Å²) < 4.78 is 11.8. The quantitative estimate of drug-likeness (QED) is 0.417. The molecular formula is C19H13N3O4. The molecule has 0 saturated carbocycles. The number of benzene rings is 2. The normalized spacial score (nSPS) is 10.8. The maximum Gasteiger partial charge on any atom is 0.347 e. The van der Waals surface area contributed by atoms with E-state index < -0.39 is 11.4 Å². The molecule has 4 aromatic rings. The second kappa shape index (κ2) is 6.29. The zero-order valence-electron chi connectivity index (χ0n) is 13.7. The van der Waals surface area contributed by atoms with Gasteiger partial charge in [-0.15, -0.1) is 5.10 Å². The van der Waals surface area contributed by atoms with Crippen LogP contribution in [-0.4, -0.2) is 27.9 Å². The van der Waals surface area contributed by atoms with E-state index in [0.717, 1.165) is 0 Å². The zero-order chi connectivity index (χ0) is 18.1. The Bertz CT molecular complexity index is 1160. The van der Waals surface area contributed by atoms with Gasteiger partial charge >= 0.3 is 5.63 Å². The zero-order valence-corrected chi connectivity index (χ0v) is 13.7. The minimum atomic E-state index is -0.701. The van der Waals surface area contributed by atoms with Crippen LogP contribution in [-0.2, 0) is 0 Å². The van der Waals surface area contributed by atoms with E-state index in [1.165, 1.54) is 16.9 Å². The van der Waals surface area contributed by atoms with Crippen LogP contribution in [0.5, 0.6) is 5.75 Å². The molecule has 2 aromatic carbocycles. The van der Waals surface area contributed by atoms with Crippen LogP contribution in [0.3, 0.4) is 0 Å². The molecule has 0 aliphatic rings. The maximum atomic E-state index is 12.7. The molecule has 7 heteroatoms. The summed E-state index contributed by atoms with van der Waals surface area (Å²) in [5, 5.41) is 8.50. The van der Waals surface area contributed by atoms with Crippen molar-refractivity contribution in [1.29, 1.82) is 0 Å². The number of carbonyl (C=O) groups excluding carboxylic acids is 1. The van der Waals surface area contributed by atoms with Crippen molar-refractivity contribution in [2.45, 2.75) is 0 Å². The molecule has 2 heterocycles. The Morgan fingerprint density at radius 3 is 2.65 bits per heavy atom. The third kappa shape index (κ3) is 2.75. The number of aromatic nitrogens is 3. The first-order valence-corrected chi connectivity index (χ1v) is 7.80. The highest BCUT2D eigenvalue weighted by molar-refractivity contribution is 6.08. The van der Waals surface area contributed by atoms with Crippen molar-refractivity contribution in [3.05, 3.63) is 82.5 Å². The largest absolute Gasteiger partial charge is 0.497 e. The molecule has 26 heavy (non-hydrogen) atoms. The number of methoxy groups -OCH3 is 1. The van der Waals surface area contributed by atoms with Gasteiger partial charge in [-0.25, -0.2) is 9.48 Å². The highest BCUT2D eigenvalue weighted by Crippen LogP contribution is 2.16. The second-order valence-electron chi connectivity index (χ2n) is 5.56. The number of ketones is 1. The van der Waals surface area contributed by atoms with E-state index >= 15 is 0 Å². The molecule has 0 N–H and O–H groups in total. The van der Waals surface area contributed by atoms with Crippen LogP contribution in [0, 0.1) is 0 Å². The van der Waals surface area contributed by atoms with E-state index in [1.807, 2.05) is 0 Å². The fraction of sp³-hybridized carbons (Fsp3) is 0.0526. The SMILES string of the molecule is COc1ccc(-n2cc(C(=O)c3cc4ccccc4oc3=O)nn2)cc1. The van der Waals surface area contributed by atoms with Crippen molar-refractivity contribution in [3.63, 3.8) is 0 Å². The number of fused-ring (bicyclic) bond motifs is 1. The van der Waals surface area contributed by atoms with E-state index in [-0.39, 0.29) is 11.3 Å². The summed E-state index contributed by atoms with van der Waals surface area (Å²) in [6, 6.07) is 15.6. The summed E-state index contributed by atoms with van der Waals surface area (Å²) in [6.07, 6.45) is 1.47. The van der Waals surface area contributed by atoms with Crippen LogP contribution in [0.4, 0.5) is 0 Å². The third-order valence-corrected chi connectivity index (χ3v) is 3.95. The first kappa shape index (κ1) is 15.8. The van der Waals surface area contributed by atoms with Gasteiger partial charge in [0.05, 0.1) is 19.0 Å². The Morgan fingerprint density at radius 2 is 1.88 bits per heavy atom. The summed E-state index contributed by atoms with van der Waals surface area (Å²) in [5.74, 6) is 0.170. The van der Waals surface area contributed by atoms with Crippen molar-refractivity contribution in [3.8, 4) is 11.4 Å². The van der Waals surface area contributed by atoms with Crippen LogP contribution in [0.2, 0.25) is 0 Å². The van der Waals surface area contributed by atoms with E-state index in [2.05, 4.69) is 10.3 Å². The Kier molecular flexibility index (Phi) is 3.81. The summed E-state index contributed by atoms with van der Waals surface area (Å²) in [5.41, 5.74) is 0.417. The number of rotatable bonds is 4. The lowest BCUT2D eigenvalue weighted by Gasteiger charge is -2.02. The predicted octanol–water partition coefficient (Wildman–Crippen LogP) is 2.61. The minimum Gasteiger partial charge on any atom is -0.497 e. The Labute approximate surface area is 147 Å². The summed E-state index contributed by atoms with van der Waals surface area (Å²) in [7, 11) is 1.58. The number of ether oxygens (including phenoxy) is 1. The van der Waals surface area contributed by atoms with Crippen molar-refractivity contribution in [1.82, 2.24) is 15.0 Å². The average molecular weight is 347 g/mol. The fourth-order valence-corrected chi connectivity index (χ4v) is 2.59. The highest BCUT2D eigenvalue weighted by atomic mass is 16.5. The fourth-order valence-electron chi connectivity index (χ4n) is 2.59. The number of carbonyl (C=O) groups is 1. The van der Waals surface area contributed by atoms with Crippen LogP contribution in [0.25, 0.3) is 16.7 Å². The predicted molar refractivity (Wildman–Crippen MR) is 93.8 cm³/mol. The smallest absolute Gasteiger partial charge is 0.347 e. The third-order valence-electron chi connectivity index (χ3n) is 3.95. The first-order chi connectivity index (χ1) is 12.7. The molecule has 0 spiro atoms. The van der Waals surface area contributed by atoms with Gasteiger partial charge in [0, 0.05) is 5.39 Å². The van der Waals surface area contributed by atoms with Crippen molar-refractivity contribution < 1.29 is 13.9 Å². The molecule has 2 aromatic heterocycles. The molecule has 0 fully saturated rings. The minimum absolute atomic E-state index is 0.0587. The van der Waals surface area contributed by atoms with Crippen LogP contribution in [0.15, 0.2) is 70.0 Å². The van der Waals surface area contributed by atoms with Crippen molar-refractivity contribution in [2.24, 2.45) is 0 Å². The second-order valence-corrected chi connectivity index (χ2v) is 5.56. The van der Waals surface area contributed by atoms with Gasteiger partial charge in [0.2, 0.25) is 5.78 Å². The van der Waals surface area contributed by atoms with E-state index in [9.17, 15) is 9.59 Å². The Hall–Kier alpha value is -3.74. The Morgan fingerprint density at radius 1 is 1.12 bits per heavy atom. The van der Waals surface area contributed by atoms with Crippen LogP contribution < -0.4 is 10.4 Å². The van der Waals surface area contributed by atoms with E-state index in [1.54, 1.807) is 55.6 Å². The molecule has 128 valence electrons. The van der Waals surface area contributed by atoms with E-state index in [4.69, 9.17) is 9.15 Å². The van der Waals surface area contributed by atoms with Crippen LogP contribution in [0.1, 0.15) is 16.1 Å². The summed E-state index contributed by atoms with van der Waals surface area (Å²) in [4.78, 5) is 24.8. The molecule has 0 aliphatic heterocycles. The molecule has 4 rings (SSSR count). The molecule has 0 radical (unpaired) electrons. The van der Waals surface area contributed by atoms with Gasteiger partial charge in [0.15, 0.2) is 5.69 Å². The van der Waals surface area contributed by atoms with Crippen molar-refractivity contribution in [2.75, 3.05) is 7.11 Å². The van der Waals surface area contributed by atoms with Gasteiger partial charge in [0.25, 0.3) is 0 Å². The molecular weight excluding hydrogens is 334 g/mol. The summed E-state index contributed by atoms with van der Waals surface area (Å²) in [6.45, 7) is 0. The number of para-hydroxylation sites is 1. The first-order valence-electron chi connectivity index (χ1n) is 7.80. The van der Waals surface area contributed by atoms with Gasteiger partial charge in [-0.3, -0.25) is 4.79 Å². The molecule has 0 bridgehead atoms. The van der Waals surface area contributed by atoms with Crippen molar-refractivity contribution >= 4 is 16.8 Å². The van der Waals surface area contributed by atoms with Crippen LogP contribution >= 0.6 is 0 Å². The lowest BCUT2D eigenvalue weighted by atomic mass is 10.1. The molecule has 7 nitrogen and oxygen atoms in total. The molecule has 0 amide bonds. The lowest BCUT2D eigenvalue weighted by molar-refractivity contribution is 0.103. The summed E-state index contributed by atoms with van der Waals surface area (Å²) >= 11 is 0. The number of nitrogens with zero attached hydrogens (tertiary/aromatic N) is 3.